The molecular weight excluding hydrogens is 358 g/mol. The summed E-state index contributed by atoms with van der Waals surface area (Å²) in [5.41, 5.74) is 5.02. The summed E-state index contributed by atoms with van der Waals surface area (Å²) in [6.45, 7) is 3.86. The quantitative estimate of drug-likeness (QED) is 0.592. The summed E-state index contributed by atoms with van der Waals surface area (Å²) >= 11 is 0. The Bertz CT molecular complexity index is 1260. The fourth-order valence-electron chi connectivity index (χ4n) is 3.13. The van der Waals surface area contributed by atoms with E-state index in [2.05, 4.69) is 15.2 Å². The molecule has 28 heavy (non-hydrogen) atoms. The highest BCUT2D eigenvalue weighted by molar-refractivity contribution is 5.92. The maximum atomic E-state index is 12.2. The van der Waals surface area contributed by atoms with Gasteiger partial charge in [0.15, 0.2) is 11.4 Å². The minimum Gasteiger partial charge on any atom is -0.378 e. The first-order valence-corrected chi connectivity index (χ1v) is 8.72. The Morgan fingerprint density at radius 2 is 1.93 bits per heavy atom. The summed E-state index contributed by atoms with van der Waals surface area (Å²) in [7, 11) is 3.39. The van der Waals surface area contributed by atoms with Crippen LogP contribution in [0.1, 0.15) is 21.7 Å². The second-order valence-corrected chi connectivity index (χ2v) is 6.89. The van der Waals surface area contributed by atoms with Gasteiger partial charge in [-0.2, -0.15) is 10.3 Å². The third-order valence-corrected chi connectivity index (χ3v) is 4.54. The Hall–Kier alpha value is -3.68. The van der Waals surface area contributed by atoms with E-state index < -0.39 is 0 Å². The Labute approximate surface area is 160 Å². The lowest BCUT2D eigenvalue weighted by atomic mass is 10.0. The van der Waals surface area contributed by atoms with Crippen LogP contribution in [0.25, 0.3) is 28.2 Å². The average Bonchev–Trinajstić information content (AvgIpc) is 3.27. The normalized spacial score (nSPS) is 11.1. The summed E-state index contributed by atoms with van der Waals surface area (Å²) in [5, 5.41) is 6.94. The van der Waals surface area contributed by atoms with Gasteiger partial charge in [-0.15, -0.1) is 0 Å². The first-order chi connectivity index (χ1) is 13.3. The van der Waals surface area contributed by atoms with Crippen molar-refractivity contribution in [1.82, 2.24) is 24.7 Å². The fraction of sp³-hybridized carbons (Fsp3) is 0.200. The van der Waals surface area contributed by atoms with Crippen LogP contribution in [0, 0.1) is 13.8 Å². The van der Waals surface area contributed by atoms with Gasteiger partial charge in [-0.25, -0.2) is 9.50 Å². The number of rotatable bonds is 3. The molecule has 142 valence electrons. The largest absolute Gasteiger partial charge is 0.378 e. The maximum Gasteiger partial charge on any atom is 0.280 e. The van der Waals surface area contributed by atoms with Gasteiger partial charge in [-0.1, -0.05) is 12.1 Å². The van der Waals surface area contributed by atoms with E-state index in [4.69, 9.17) is 4.52 Å². The zero-order chi connectivity index (χ0) is 20.0. The summed E-state index contributed by atoms with van der Waals surface area (Å²) < 4.78 is 6.89. The second kappa shape index (κ2) is 6.49. The van der Waals surface area contributed by atoms with Gasteiger partial charge in [-0.3, -0.25) is 9.59 Å². The van der Waals surface area contributed by atoms with E-state index in [-0.39, 0.29) is 11.5 Å². The van der Waals surface area contributed by atoms with Crippen molar-refractivity contribution in [2.45, 2.75) is 13.8 Å². The number of carbonyl (C=O) groups excluding carboxylic acids is 1. The van der Waals surface area contributed by atoms with Gasteiger partial charge in [0.25, 0.3) is 11.5 Å². The topological polar surface area (TPSA) is 96.5 Å². The molecule has 4 aromatic rings. The molecule has 8 heteroatoms. The molecule has 3 heterocycles. The lowest BCUT2D eigenvalue weighted by molar-refractivity contribution is 0.0822. The molecule has 0 aliphatic carbocycles. The van der Waals surface area contributed by atoms with Crippen LogP contribution >= 0.6 is 0 Å². The Kier molecular flexibility index (Phi) is 4.11. The molecule has 0 aliphatic rings. The van der Waals surface area contributed by atoms with Gasteiger partial charge < -0.3 is 9.42 Å². The number of fused-ring (bicyclic) bond motifs is 1. The number of aromatic amines is 1. The van der Waals surface area contributed by atoms with E-state index in [0.717, 1.165) is 28.1 Å². The SMILES string of the molecule is Cc1cc(-c2cc(=O)[nH]o2)ccc1-c1cc2nc(C(=O)N(C)C)cc(C)n2n1. The van der Waals surface area contributed by atoms with E-state index in [1.165, 1.54) is 11.0 Å². The predicted molar refractivity (Wildman–Crippen MR) is 104 cm³/mol. The fourth-order valence-corrected chi connectivity index (χ4v) is 3.13. The van der Waals surface area contributed by atoms with Gasteiger partial charge in [0.05, 0.1) is 11.8 Å². The summed E-state index contributed by atoms with van der Waals surface area (Å²) in [5.74, 6) is 0.334. The second-order valence-electron chi connectivity index (χ2n) is 6.89. The zero-order valence-corrected chi connectivity index (χ0v) is 16.0. The molecule has 1 N–H and O–H groups in total. The van der Waals surface area contributed by atoms with Crippen LogP contribution in [-0.2, 0) is 0 Å². The molecule has 0 unspecified atom stereocenters. The highest BCUT2D eigenvalue weighted by atomic mass is 16.5. The number of benzene rings is 1. The lowest BCUT2D eigenvalue weighted by Gasteiger charge is -2.10. The van der Waals surface area contributed by atoms with E-state index in [9.17, 15) is 9.59 Å². The number of amides is 1. The molecule has 0 saturated heterocycles. The van der Waals surface area contributed by atoms with Crippen molar-refractivity contribution < 1.29 is 9.32 Å². The van der Waals surface area contributed by atoms with Crippen molar-refractivity contribution in [2.24, 2.45) is 0 Å². The minimum atomic E-state index is -0.276. The Balaban J connectivity index is 1.78. The molecule has 8 nitrogen and oxygen atoms in total. The third kappa shape index (κ3) is 2.98. The molecule has 0 radical (unpaired) electrons. The maximum absolute atomic E-state index is 12.2. The molecule has 0 atom stereocenters. The molecule has 0 aliphatic heterocycles. The molecular formula is C20H19N5O3. The van der Waals surface area contributed by atoms with Gasteiger partial charge in [0.2, 0.25) is 0 Å². The van der Waals surface area contributed by atoms with E-state index in [1.807, 2.05) is 38.1 Å². The zero-order valence-electron chi connectivity index (χ0n) is 16.0. The van der Waals surface area contributed by atoms with Crippen LogP contribution in [0.15, 0.2) is 45.7 Å². The third-order valence-electron chi connectivity index (χ3n) is 4.54. The van der Waals surface area contributed by atoms with Crippen LogP contribution in [0.3, 0.4) is 0 Å². The molecule has 4 rings (SSSR count). The van der Waals surface area contributed by atoms with E-state index in [0.29, 0.717) is 17.1 Å². The number of hydrogen-bond acceptors (Lipinski definition) is 5. The summed E-state index contributed by atoms with van der Waals surface area (Å²) in [6, 6.07) is 10.7. The first kappa shape index (κ1) is 17.7. The molecule has 1 aromatic carbocycles. The predicted octanol–water partition coefficient (Wildman–Crippen LogP) is 2.66. The summed E-state index contributed by atoms with van der Waals surface area (Å²) in [6.07, 6.45) is 0. The van der Waals surface area contributed by atoms with Crippen LogP contribution in [-0.4, -0.2) is 44.7 Å². The van der Waals surface area contributed by atoms with E-state index >= 15 is 0 Å². The van der Waals surface area contributed by atoms with E-state index in [1.54, 1.807) is 24.7 Å². The molecule has 0 saturated carbocycles. The van der Waals surface area contributed by atoms with Gasteiger partial charge in [0, 0.05) is 37.0 Å². The minimum absolute atomic E-state index is 0.151. The number of nitrogens with one attached hydrogen (secondary N) is 1. The number of aryl methyl sites for hydroxylation is 2. The Morgan fingerprint density at radius 1 is 1.14 bits per heavy atom. The highest BCUT2D eigenvalue weighted by Gasteiger charge is 2.16. The van der Waals surface area contributed by atoms with Crippen LogP contribution < -0.4 is 5.56 Å². The summed E-state index contributed by atoms with van der Waals surface area (Å²) in [4.78, 5) is 29.5. The van der Waals surface area contributed by atoms with Gasteiger partial charge >= 0.3 is 0 Å². The van der Waals surface area contributed by atoms with Crippen molar-refractivity contribution in [3.8, 4) is 22.6 Å². The monoisotopic (exact) mass is 377 g/mol. The standard InChI is InChI=1S/C20H19N5O3/c1-11-7-13(17-10-19(26)23-28-17)5-6-14(11)15-9-18-21-16(20(27)24(3)4)8-12(2)25(18)22-15/h5-10H,1-4H3,(H,23,26). The number of carbonyl (C=O) groups is 1. The van der Waals surface area contributed by atoms with Crippen molar-refractivity contribution in [2.75, 3.05) is 14.1 Å². The average molecular weight is 377 g/mol. The number of aromatic nitrogens is 4. The molecule has 1 amide bonds. The number of hydrogen-bond donors (Lipinski definition) is 1. The Morgan fingerprint density at radius 3 is 2.57 bits per heavy atom. The van der Waals surface area contributed by atoms with Crippen molar-refractivity contribution in [3.05, 3.63) is 63.7 Å². The number of nitrogens with zero attached hydrogens (tertiary/aromatic N) is 4. The smallest absolute Gasteiger partial charge is 0.280 e. The molecule has 0 bridgehead atoms. The lowest BCUT2D eigenvalue weighted by Crippen LogP contribution is -2.23. The van der Waals surface area contributed by atoms with Crippen molar-refractivity contribution in [1.29, 1.82) is 0 Å². The van der Waals surface area contributed by atoms with Crippen molar-refractivity contribution >= 4 is 11.6 Å². The van der Waals surface area contributed by atoms with Gasteiger partial charge in [-0.05, 0) is 31.5 Å². The highest BCUT2D eigenvalue weighted by Crippen LogP contribution is 2.28. The van der Waals surface area contributed by atoms with Crippen molar-refractivity contribution in [3.63, 3.8) is 0 Å². The van der Waals surface area contributed by atoms with Gasteiger partial charge in [0.1, 0.15) is 5.69 Å². The molecule has 0 fully saturated rings. The van der Waals surface area contributed by atoms with Crippen LogP contribution in [0.4, 0.5) is 0 Å². The molecule has 3 aromatic heterocycles. The van der Waals surface area contributed by atoms with Crippen LogP contribution in [0.5, 0.6) is 0 Å². The number of H-pyrrole nitrogens is 1. The first-order valence-electron chi connectivity index (χ1n) is 8.72. The van der Waals surface area contributed by atoms with Crippen LogP contribution in [0.2, 0.25) is 0 Å². The molecule has 0 spiro atoms.